The molecule has 0 radical (unpaired) electrons. The van der Waals surface area contributed by atoms with Crippen molar-refractivity contribution in [2.75, 3.05) is 6.61 Å². The Bertz CT molecular complexity index is 509. The van der Waals surface area contributed by atoms with E-state index in [-0.39, 0.29) is 5.82 Å². The van der Waals surface area contributed by atoms with Gasteiger partial charge in [-0.2, -0.15) is 0 Å². The highest BCUT2D eigenvalue weighted by Crippen LogP contribution is 2.23. The Morgan fingerprint density at radius 3 is 2.74 bits per heavy atom. The van der Waals surface area contributed by atoms with E-state index < -0.39 is 0 Å². The predicted octanol–water partition coefficient (Wildman–Crippen LogP) is 4.50. The summed E-state index contributed by atoms with van der Waals surface area (Å²) in [7, 11) is 0. The van der Waals surface area contributed by atoms with Crippen molar-refractivity contribution < 1.29 is 9.13 Å². The lowest BCUT2D eigenvalue weighted by Crippen LogP contribution is -2.02. The number of hydrogen-bond acceptors (Lipinski definition) is 2. The molecule has 1 aromatic carbocycles. The second kappa shape index (κ2) is 7.19. The van der Waals surface area contributed by atoms with Crippen molar-refractivity contribution in [2.24, 2.45) is 5.73 Å². The third kappa shape index (κ3) is 4.60. The minimum absolute atomic E-state index is 0.321. The lowest BCUT2D eigenvalue weighted by atomic mass is 10.1. The van der Waals surface area contributed by atoms with E-state index in [0.29, 0.717) is 34.2 Å². The third-order valence-corrected chi connectivity index (χ3v) is 2.89. The van der Waals surface area contributed by atoms with Crippen LogP contribution in [0.15, 0.2) is 35.7 Å². The molecular formula is C15H19ClFNO. The van der Waals surface area contributed by atoms with Crippen molar-refractivity contribution >= 4 is 17.2 Å². The number of benzene rings is 1. The zero-order valence-electron chi connectivity index (χ0n) is 11.5. The first kappa shape index (κ1) is 15.6. The van der Waals surface area contributed by atoms with Gasteiger partial charge >= 0.3 is 0 Å². The molecule has 0 bridgehead atoms. The fraction of sp³-hybridized carbons (Fsp3) is 0.333. The minimum Gasteiger partial charge on any atom is -0.496 e. The van der Waals surface area contributed by atoms with Gasteiger partial charge in [0.2, 0.25) is 0 Å². The van der Waals surface area contributed by atoms with Crippen molar-refractivity contribution in [1.82, 2.24) is 0 Å². The Morgan fingerprint density at radius 2 is 2.11 bits per heavy atom. The van der Waals surface area contributed by atoms with Crippen LogP contribution in [-0.4, -0.2) is 6.61 Å². The van der Waals surface area contributed by atoms with Crippen molar-refractivity contribution in [1.29, 1.82) is 0 Å². The summed E-state index contributed by atoms with van der Waals surface area (Å²) in [6, 6.07) is 4.44. The number of hydrogen-bond donors (Lipinski definition) is 1. The summed E-state index contributed by atoms with van der Waals surface area (Å²) in [5.41, 5.74) is 7.55. The number of rotatable bonds is 5. The van der Waals surface area contributed by atoms with Gasteiger partial charge in [0, 0.05) is 10.6 Å². The number of halogens is 2. The van der Waals surface area contributed by atoms with E-state index >= 15 is 0 Å². The van der Waals surface area contributed by atoms with Gasteiger partial charge in [0.25, 0.3) is 0 Å². The SMILES string of the molecule is CCCO/C(C)=C(N)/C=C(\C)c1cc(Cl)ccc1F. The average molecular weight is 284 g/mol. The highest BCUT2D eigenvalue weighted by molar-refractivity contribution is 6.30. The minimum atomic E-state index is -0.321. The topological polar surface area (TPSA) is 35.2 Å². The van der Waals surface area contributed by atoms with Crippen LogP contribution in [0.1, 0.15) is 32.8 Å². The quantitative estimate of drug-likeness (QED) is 0.638. The van der Waals surface area contributed by atoms with Crippen molar-refractivity contribution in [2.45, 2.75) is 27.2 Å². The second-order valence-electron chi connectivity index (χ2n) is 4.31. The Hall–Kier alpha value is -1.48. The lowest BCUT2D eigenvalue weighted by Gasteiger charge is -2.08. The Balaban J connectivity index is 3.01. The maximum absolute atomic E-state index is 13.7. The maximum atomic E-state index is 13.7. The molecule has 0 saturated heterocycles. The molecule has 0 amide bonds. The van der Waals surface area contributed by atoms with Crippen LogP contribution in [0.4, 0.5) is 4.39 Å². The highest BCUT2D eigenvalue weighted by Gasteiger charge is 2.06. The summed E-state index contributed by atoms with van der Waals surface area (Å²) in [6.07, 6.45) is 2.61. The fourth-order valence-electron chi connectivity index (χ4n) is 1.55. The van der Waals surface area contributed by atoms with Gasteiger partial charge in [-0.3, -0.25) is 0 Å². The molecule has 0 unspecified atom stereocenters. The molecule has 0 spiro atoms. The molecule has 0 fully saturated rings. The van der Waals surface area contributed by atoms with Crippen molar-refractivity contribution in [3.05, 3.63) is 52.1 Å². The molecule has 4 heteroatoms. The summed E-state index contributed by atoms with van der Waals surface area (Å²) in [4.78, 5) is 0. The van der Waals surface area contributed by atoms with Crippen LogP contribution in [-0.2, 0) is 4.74 Å². The molecule has 104 valence electrons. The Morgan fingerprint density at radius 1 is 1.42 bits per heavy atom. The van der Waals surface area contributed by atoms with Crippen molar-refractivity contribution in [3.8, 4) is 0 Å². The van der Waals surface area contributed by atoms with Crippen LogP contribution < -0.4 is 5.73 Å². The molecule has 1 aromatic rings. The molecular weight excluding hydrogens is 265 g/mol. The van der Waals surface area contributed by atoms with Crippen LogP contribution in [0.3, 0.4) is 0 Å². The molecule has 0 saturated carbocycles. The summed E-state index contributed by atoms with van der Waals surface area (Å²) in [5.74, 6) is 0.321. The van der Waals surface area contributed by atoms with Gasteiger partial charge in [-0.15, -0.1) is 0 Å². The van der Waals surface area contributed by atoms with Gasteiger partial charge in [-0.05, 0) is 50.1 Å². The third-order valence-electron chi connectivity index (χ3n) is 2.65. The normalized spacial score (nSPS) is 13.2. The van der Waals surface area contributed by atoms with Crippen molar-refractivity contribution in [3.63, 3.8) is 0 Å². The number of allylic oxidation sites excluding steroid dienone is 3. The van der Waals surface area contributed by atoms with E-state index in [9.17, 15) is 4.39 Å². The average Bonchev–Trinajstić information content (AvgIpc) is 2.38. The van der Waals surface area contributed by atoms with Gasteiger partial charge < -0.3 is 10.5 Å². The largest absolute Gasteiger partial charge is 0.496 e. The van der Waals surface area contributed by atoms with Gasteiger partial charge in [-0.25, -0.2) is 4.39 Å². The summed E-state index contributed by atoms with van der Waals surface area (Å²) >= 11 is 5.87. The fourth-order valence-corrected chi connectivity index (χ4v) is 1.72. The van der Waals surface area contributed by atoms with Gasteiger partial charge in [0.15, 0.2) is 0 Å². The predicted molar refractivity (Wildman–Crippen MR) is 78.2 cm³/mol. The first-order valence-electron chi connectivity index (χ1n) is 6.18. The van der Waals surface area contributed by atoms with E-state index in [1.807, 2.05) is 6.92 Å². The molecule has 2 nitrogen and oxygen atoms in total. The molecule has 0 heterocycles. The first-order chi connectivity index (χ1) is 8.95. The summed E-state index contributed by atoms with van der Waals surface area (Å²) < 4.78 is 19.1. The van der Waals surface area contributed by atoms with Gasteiger partial charge in [0.1, 0.15) is 11.6 Å². The zero-order valence-corrected chi connectivity index (χ0v) is 12.2. The highest BCUT2D eigenvalue weighted by atomic mass is 35.5. The Kier molecular flexibility index (Phi) is 5.90. The van der Waals surface area contributed by atoms with E-state index in [0.717, 1.165) is 6.42 Å². The van der Waals surface area contributed by atoms with Crippen LogP contribution in [0.5, 0.6) is 0 Å². The first-order valence-corrected chi connectivity index (χ1v) is 6.56. The molecule has 0 atom stereocenters. The summed E-state index contributed by atoms with van der Waals surface area (Å²) in [6.45, 7) is 6.22. The van der Waals surface area contributed by atoms with E-state index in [2.05, 4.69) is 0 Å². The van der Waals surface area contributed by atoms with Gasteiger partial charge in [-0.1, -0.05) is 18.5 Å². The van der Waals surface area contributed by atoms with Crippen LogP contribution >= 0.6 is 11.6 Å². The molecule has 2 N–H and O–H groups in total. The molecule has 0 aliphatic rings. The Labute approximate surface area is 118 Å². The second-order valence-corrected chi connectivity index (χ2v) is 4.75. The van der Waals surface area contributed by atoms with E-state index in [1.165, 1.54) is 12.1 Å². The summed E-state index contributed by atoms with van der Waals surface area (Å²) in [5, 5.41) is 0.491. The molecule has 0 aliphatic heterocycles. The van der Waals surface area contributed by atoms with Crippen LogP contribution in [0, 0.1) is 5.82 Å². The molecule has 1 rings (SSSR count). The lowest BCUT2D eigenvalue weighted by molar-refractivity contribution is 0.211. The van der Waals surface area contributed by atoms with Crippen LogP contribution in [0.25, 0.3) is 5.57 Å². The van der Waals surface area contributed by atoms with Crippen LogP contribution in [0.2, 0.25) is 5.02 Å². The molecule has 0 aromatic heterocycles. The standard InChI is InChI=1S/C15H19ClFNO/c1-4-7-19-11(3)15(18)8-10(2)13-9-12(16)5-6-14(13)17/h5-6,8-9H,4,7,18H2,1-3H3/b10-8+,15-11-. The smallest absolute Gasteiger partial charge is 0.130 e. The monoisotopic (exact) mass is 283 g/mol. The van der Waals surface area contributed by atoms with E-state index in [4.69, 9.17) is 22.1 Å². The maximum Gasteiger partial charge on any atom is 0.130 e. The number of nitrogens with two attached hydrogens (primary N) is 1. The van der Waals surface area contributed by atoms with Gasteiger partial charge in [0.05, 0.1) is 12.3 Å². The number of ether oxygens (including phenoxy) is 1. The van der Waals surface area contributed by atoms with E-state index in [1.54, 1.807) is 26.0 Å². The zero-order chi connectivity index (χ0) is 14.4. The molecule has 0 aliphatic carbocycles. The molecule has 19 heavy (non-hydrogen) atoms.